The van der Waals surface area contributed by atoms with Gasteiger partial charge < -0.3 is 20.1 Å². The highest BCUT2D eigenvalue weighted by atomic mass is 35.5. The molecule has 2 N–H and O–H groups in total. The Kier molecular flexibility index (Phi) is 4.64. The van der Waals surface area contributed by atoms with Crippen LogP contribution in [0.15, 0.2) is 42.6 Å². The lowest BCUT2D eigenvalue weighted by Gasteiger charge is -2.19. The fourth-order valence-electron chi connectivity index (χ4n) is 2.44. The van der Waals surface area contributed by atoms with Crippen molar-refractivity contribution < 1.29 is 9.47 Å². The van der Waals surface area contributed by atoms with Crippen molar-refractivity contribution in [1.82, 2.24) is 15.2 Å². The van der Waals surface area contributed by atoms with Gasteiger partial charge >= 0.3 is 0 Å². The van der Waals surface area contributed by atoms with Gasteiger partial charge in [0.15, 0.2) is 17.3 Å². The summed E-state index contributed by atoms with van der Waals surface area (Å²) in [6.45, 7) is 1.07. The molecular weight excluding hydrogens is 377 g/mol. The number of benzene rings is 2. The van der Waals surface area contributed by atoms with E-state index in [1.54, 1.807) is 18.2 Å². The van der Waals surface area contributed by atoms with Crippen LogP contribution in [-0.4, -0.2) is 28.4 Å². The highest BCUT2D eigenvalue weighted by Gasteiger charge is 2.12. The van der Waals surface area contributed by atoms with Crippen molar-refractivity contribution in [2.75, 3.05) is 23.8 Å². The first-order valence-electron chi connectivity index (χ1n) is 7.75. The Bertz CT molecular complexity index is 934. The molecule has 7 nitrogen and oxygen atoms in total. The number of halogens is 2. The molecule has 132 valence electrons. The Morgan fingerprint density at radius 1 is 0.846 bits per heavy atom. The average Bonchev–Trinajstić information content (AvgIpc) is 2.61. The molecule has 1 aromatic heterocycles. The zero-order valence-corrected chi connectivity index (χ0v) is 14.9. The molecule has 0 saturated carbocycles. The van der Waals surface area contributed by atoms with Crippen LogP contribution in [0.5, 0.6) is 11.5 Å². The molecule has 9 heteroatoms. The van der Waals surface area contributed by atoms with Gasteiger partial charge in [0.1, 0.15) is 13.2 Å². The minimum absolute atomic E-state index is 0.333. The van der Waals surface area contributed by atoms with Gasteiger partial charge in [-0.1, -0.05) is 23.2 Å². The van der Waals surface area contributed by atoms with Crippen LogP contribution in [0.25, 0.3) is 0 Å². The molecule has 0 unspecified atom stereocenters. The normalized spacial score (nSPS) is 12.5. The number of hydrogen-bond donors (Lipinski definition) is 2. The van der Waals surface area contributed by atoms with Crippen molar-refractivity contribution in [3.05, 3.63) is 52.6 Å². The van der Waals surface area contributed by atoms with E-state index in [9.17, 15) is 0 Å². The zero-order valence-electron chi connectivity index (χ0n) is 13.4. The second kappa shape index (κ2) is 7.23. The summed E-state index contributed by atoms with van der Waals surface area (Å²) in [5.74, 6) is 2.23. The number of rotatable bonds is 4. The molecule has 1 aliphatic heterocycles. The van der Waals surface area contributed by atoms with Crippen LogP contribution in [0.2, 0.25) is 10.0 Å². The Labute approximate surface area is 159 Å². The van der Waals surface area contributed by atoms with Crippen molar-refractivity contribution >= 4 is 46.3 Å². The van der Waals surface area contributed by atoms with Crippen molar-refractivity contribution in [2.24, 2.45) is 0 Å². The number of ether oxygens (including phenoxy) is 2. The second-order valence-electron chi connectivity index (χ2n) is 5.43. The Morgan fingerprint density at radius 2 is 1.62 bits per heavy atom. The molecule has 0 radical (unpaired) electrons. The summed E-state index contributed by atoms with van der Waals surface area (Å²) in [6, 6.07) is 10.6. The Balaban J connectivity index is 1.52. The fourth-order valence-corrected chi connectivity index (χ4v) is 2.97. The molecule has 0 spiro atoms. The molecule has 0 fully saturated rings. The lowest BCUT2D eigenvalue weighted by atomic mass is 10.2. The van der Waals surface area contributed by atoms with Crippen molar-refractivity contribution in [2.45, 2.75) is 0 Å². The summed E-state index contributed by atoms with van der Waals surface area (Å²) in [4.78, 5) is 4.38. The largest absolute Gasteiger partial charge is 0.486 e. The van der Waals surface area contributed by atoms with Gasteiger partial charge in [0.2, 0.25) is 5.95 Å². The van der Waals surface area contributed by atoms with Crippen LogP contribution >= 0.6 is 23.2 Å². The number of fused-ring (bicyclic) bond motifs is 1. The molecule has 0 amide bonds. The van der Waals surface area contributed by atoms with E-state index in [4.69, 9.17) is 32.7 Å². The van der Waals surface area contributed by atoms with E-state index in [1.807, 2.05) is 18.2 Å². The number of hydrogen-bond acceptors (Lipinski definition) is 7. The maximum atomic E-state index is 6.01. The van der Waals surface area contributed by atoms with Crippen LogP contribution in [0, 0.1) is 0 Å². The van der Waals surface area contributed by atoms with Crippen molar-refractivity contribution in [1.29, 1.82) is 0 Å². The van der Waals surface area contributed by atoms with E-state index in [1.165, 1.54) is 6.20 Å². The fraction of sp³-hybridized carbons (Fsp3) is 0.118. The smallest absolute Gasteiger partial charge is 0.249 e. The van der Waals surface area contributed by atoms with E-state index >= 15 is 0 Å². The van der Waals surface area contributed by atoms with Crippen molar-refractivity contribution in [3.8, 4) is 11.5 Å². The molecule has 2 aromatic carbocycles. The van der Waals surface area contributed by atoms with E-state index in [-0.39, 0.29) is 0 Å². The van der Waals surface area contributed by atoms with Crippen LogP contribution < -0.4 is 20.1 Å². The van der Waals surface area contributed by atoms with Crippen LogP contribution in [0.4, 0.5) is 23.1 Å². The maximum Gasteiger partial charge on any atom is 0.249 e. The first-order valence-corrected chi connectivity index (χ1v) is 8.51. The molecule has 0 bridgehead atoms. The first kappa shape index (κ1) is 16.7. The summed E-state index contributed by atoms with van der Waals surface area (Å²) in [7, 11) is 0. The quantitative estimate of drug-likeness (QED) is 0.682. The molecule has 0 saturated heterocycles. The number of anilines is 4. The molecule has 3 aromatic rings. The molecule has 0 atom stereocenters. The summed E-state index contributed by atoms with van der Waals surface area (Å²) in [5.41, 5.74) is 1.47. The van der Waals surface area contributed by atoms with Gasteiger partial charge in [-0.3, -0.25) is 0 Å². The highest BCUT2D eigenvalue weighted by molar-refractivity contribution is 6.35. The van der Waals surface area contributed by atoms with E-state index in [0.717, 1.165) is 5.69 Å². The first-order chi connectivity index (χ1) is 12.7. The standard InChI is InChI=1S/C17H13Cl2N5O2/c18-10-5-11(19)7-13(6-10)21-16-9-20-24-17(23-16)22-12-1-2-14-15(8-12)26-4-3-25-14/h1-2,5-9H,3-4H2,(H2,21,22,23,24). The SMILES string of the molecule is Clc1cc(Cl)cc(Nc2cnnc(Nc3ccc4c(c3)OCCO4)n2)c1. The van der Waals surface area contributed by atoms with E-state index in [2.05, 4.69) is 25.8 Å². The second-order valence-corrected chi connectivity index (χ2v) is 6.30. The Morgan fingerprint density at radius 3 is 2.42 bits per heavy atom. The van der Waals surface area contributed by atoms with Crippen LogP contribution in [0.3, 0.4) is 0 Å². The lowest BCUT2D eigenvalue weighted by molar-refractivity contribution is 0.171. The molecule has 4 rings (SSSR count). The van der Waals surface area contributed by atoms with E-state index < -0.39 is 0 Å². The van der Waals surface area contributed by atoms with Gasteiger partial charge in [0.05, 0.1) is 6.20 Å². The minimum atomic E-state index is 0.333. The van der Waals surface area contributed by atoms with Crippen molar-refractivity contribution in [3.63, 3.8) is 0 Å². The molecule has 2 heterocycles. The third kappa shape index (κ3) is 3.89. The van der Waals surface area contributed by atoms with Crippen LogP contribution in [-0.2, 0) is 0 Å². The van der Waals surface area contributed by atoms with E-state index in [0.29, 0.717) is 52.2 Å². The Hall–Kier alpha value is -2.77. The van der Waals surface area contributed by atoms with Crippen LogP contribution in [0.1, 0.15) is 0 Å². The topological polar surface area (TPSA) is 81.2 Å². The van der Waals surface area contributed by atoms with Gasteiger partial charge in [-0.15, -0.1) is 5.10 Å². The lowest BCUT2D eigenvalue weighted by Crippen LogP contribution is -2.15. The van der Waals surface area contributed by atoms with Gasteiger partial charge in [-0.05, 0) is 30.3 Å². The summed E-state index contributed by atoms with van der Waals surface area (Å²) >= 11 is 12.0. The highest BCUT2D eigenvalue weighted by Crippen LogP contribution is 2.33. The number of aromatic nitrogens is 3. The number of nitrogens with zero attached hydrogens (tertiary/aromatic N) is 3. The third-order valence-corrected chi connectivity index (χ3v) is 3.93. The summed E-state index contributed by atoms with van der Waals surface area (Å²) < 4.78 is 11.1. The maximum absolute atomic E-state index is 6.01. The van der Waals surface area contributed by atoms with Gasteiger partial charge in [0, 0.05) is 27.5 Å². The molecule has 0 aliphatic carbocycles. The predicted molar refractivity (Wildman–Crippen MR) is 100 cm³/mol. The summed E-state index contributed by atoms with van der Waals surface area (Å²) in [6.07, 6.45) is 1.50. The third-order valence-electron chi connectivity index (χ3n) is 3.49. The summed E-state index contributed by atoms with van der Waals surface area (Å²) in [5, 5.41) is 15.2. The monoisotopic (exact) mass is 389 g/mol. The average molecular weight is 390 g/mol. The van der Waals surface area contributed by atoms with Gasteiger partial charge in [-0.2, -0.15) is 10.1 Å². The van der Waals surface area contributed by atoms with Gasteiger partial charge in [-0.25, -0.2) is 0 Å². The van der Waals surface area contributed by atoms with Gasteiger partial charge in [0.25, 0.3) is 0 Å². The minimum Gasteiger partial charge on any atom is -0.486 e. The zero-order chi connectivity index (χ0) is 17.9. The molecular formula is C17H13Cl2N5O2. The number of nitrogens with one attached hydrogen (secondary N) is 2. The predicted octanol–water partition coefficient (Wildman–Crippen LogP) is 4.44. The molecule has 1 aliphatic rings. The molecule has 26 heavy (non-hydrogen) atoms.